The minimum Gasteiger partial charge on any atom is -0.326 e. The molecule has 0 bridgehead atoms. The number of pyridine rings is 1. The van der Waals surface area contributed by atoms with Gasteiger partial charge >= 0.3 is 6.03 Å². The third-order valence-corrected chi connectivity index (χ3v) is 3.60. The first-order chi connectivity index (χ1) is 10.1. The van der Waals surface area contributed by atoms with Gasteiger partial charge in [-0.15, -0.1) is 0 Å². The van der Waals surface area contributed by atoms with Crippen LogP contribution in [0.5, 0.6) is 0 Å². The highest BCUT2D eigenvalue weighted by Gasteiger charge is 2.35. The quantitative estimate of drug-likeness (QED) is 0.906. The number of Topliss-reactive ketones (excluding diaryl/α,β-unsaturated/α-hetero) is 1. The summed E-state index contributed by atoms with van der Waals surface area (Å²) in [7, 11) is 0. The van der Waals surface area contributed by atoms with Gasteiger partial charge < -0.3 is 5.32 Å². The number of aromatic nitrogens is 1. The van der Waals surface area contributed by atoms with Crippen molar-refractivity contribution in [3.8, 4) is 0 Å². The van der Waals surface area contributed by atoms with E-state index in [1.54, 1.807) is 11.0 Å². The zero-order valence-electron chi connectivity index (χ0n) is 11.5. The van der Waals surface area contributed by atoms with Crippen molar-refractivity contribution in [1.82, 2.24) is 15.2 Å². The van der Waals surface area contributed by atoms with Crippen LogP contribution in [0.3, 0.4) is 0 Å². The molecule has 2 aliphatic heterocycles. The second kappa shape index (κ2) is 5.12. The maximum Gasteiger partial charge on any atom is 0.322 e. The molecule has 1 unspecified atom stereocenters. The number of rotatable bonds is 2. The zero-order chi connectivity index (χ0) is 15.0. The number of fused-ring (bicyclic) bond motifs is 1. The van der Waals surface area contributed by atoms with Crippen LogP contribution >= 0.6 is 0 Å². The third kappa shape index (κ3) is 2.33. The largest absolute Gasteiger partial charge is 0.326 e. The number of hydrogen-bond acceptors (Lipinski definition) is 3. The van der Waals surface area contributed by atoms with E-state index >= 15 is 0 Å². The molecule has 1 aromatic rings. The molecule has 1 N–H and O–H groups in total. The van der Waals surface area contributed by atoms with Crippen molar-refractivity contribution in [2.24, 2.45) is 0 Å². The van der Waals surface area contributed by atoms with Crippen LogP contribution in [0.1, 0.15) is 24.9 Å². The zero-order valence-corrected chi connectivity index (χ0v) is 11.5. The van der Waals surface area contributed by atoms with Gasteiger partial charge in [0.15, 0.2) is 5.78 Å². The lowest BCUT2D eigenvalue weighted by molar-refractivity contribution is -0.114. The Kier molecular flexibility index (Phi) is 3.29. The third-order valence-electron chi connectivity index (χ3n) is 3.60. The summed E-state index contributed by atoms with van der Waals surface area (Å²) in [5.74, 6) is -0.660. The van der Waals surface area contributed by atoms with Gasteiger partial charge in [0.05, 0.1) is 17.9 Å². The summed E-state index contributed by atoms with van der Waals surface area (Å²) in [6.07, 6.45) is 6.99. The van der Waals surface area contributed by atoms with Crippen LogP contribution in [0.25, 0.3) is 0 Å². The Morgan fingerprint density at radius 3 is 3.00 bits per heavy atom. The normalized spacial score (nSPS) is 21.1. The first kappa shape index (κ1) is 13.5. The van der Waals surface area contributed by atoms with Gasteiger partial charge in [-0.05, 0) is 25.5 Å². The van der Waals surface area contributed by atoms with Crippen LogP contribution in [-0.2, 0) is 4.79 Å². The minimum absolute atomic E-state index is 0.157. The minimum atomic E-state index is -0.674. The van der Waals surface area contributed by atoms with Gasteiger partial charge in [0.2, 0.25) is 0 Å². The Balaban J connectivity index is 2.16. The van der Waals surface area contributed by atoms with Crippen molar-refractivity contribution in [3.05, 3.63) is 53.3 Å². The summed E-state index contributed by atoms with van der Waals surface area (Å²) in [6.45, 7) is 1.97. The van der Waals surface area contributed by atoms with Crippen LogP contribution in [0.4, 0.5) is 9.18 Å². The van der Waals surface area contributed by atoms with E-state index in [0.717, 1.165) is 12.6 Å². The van der Waals surface area contributed by atoms with Crippen molar-refractivity contribution < 1.29 is 14.0 Å². The van der Waals surface area contributed by atoms with Gasteiger partial charge in [0.1, 0.15) is 5.82 Å². The van der Waals surface area contributed by atoms with Gasteiger partial charge in [-0.25, -0.2) is 9.18 Å². The number of carbonyl (C=O) groups excluding carboxylic acids is 2. The summed E-state index contributed by atoms with van der Waals surface area (Å²) in [5, 5.41) is 2.76. The number of halogens is 1. The Morgan fingerprint density at radius 1 is 1.48 bits per heavy atom. The fourth-order valence-corrected chi connectivity index (χ4v) is 2.70. The van der Waals surface area contributed by atoms with E-state index < -0.39 is 11.9 Å². The van der Waals surface area contributed by atoms with Crippen molar-refractivity contribution >= 4 is 11.8 Å². The molecule has 6 heteroatoms. The molecule has 0 saturated heterocycles. The van der Waals surface area contributed by atoms with Gasteiger partial charge in [0.25, 0.3) is 0 Å². The predicted molar refractivity (Wildman–Crippen MR) is 73.6 cm³/mol. The molecule has 2 amide bonds. The average molecular weight is 287 g/mol. The number of nitrogens with one attached hydrogen (secondary N) is 1. The van der Waals surface area contributed by atoms with Crippen molar-refractivity contribution in [2.75, 3.05) is 6.54 Å². The number of nitrogens with zero attached hydrogens (tertiary/aromatic N) is 2. The summed E-state index contributed by atoms with van der Waals surface area (Å²) in [6, 6.07) is 0.324. The van der Waals surface area contributed by atoms with E-state index in [9.17, 15) is 14.0 Å². The standard InChI is InChI=1S/C15H14FN3O2/c1-9(20)13-12-4-2-3-5-19(12)15(21)18-14(13)10-6-11(16)8-17-7-10/h2,4,6-8,14H,3,5H2,1H3,(H,18,21). The fourth-order valence-electron chi connectivity index (χ4n) is 2.70. The SMILES string of the molecule is CC(=O)C1=C2C=CCCN2C(=O)NC1c1cncc(F)c1. The van der Waals surface area contributed by atoms with E-state index in [-0.39, 0.29) is 11.8 Å². The van der Waals surface area contributed by atoms with Gasteiger partial charge in [0, 0.05) is 23.9 Å². The molecule has 0 spiro atoms. The predicted octanol–water partition coefficient (Wildman–Crippen LogP) is 2.09. The Hall–Kier alpha value is -2.50. The molecule has 0 aromatic carbocycles. The van der Waals surface area contributed by atoms with E-state index in [0.29, 0.717) is 23.4 Å². The molecule has 3 heterocycles. The van der Waals surface area contributed by atoms with Crippen molar-refractivity contribution in [3.63, 3.8) is 0 Å². The van der Waals surface area contributed by atoms with Crippen LogP contribution in [0.15, 0.2) is 41.9 Å². The number of amides is 2. The van der Waals surface area contributed by atoms with Gasteiger partial charge in [-0.3, -0.25) is 14.7 Å². The number of urea groups is 1. The number of carbonyl (C=O) groups is 2. The molecule has 0 aliphatic carbocycles. The van der Waals surface area contributed by atoms with E-state index in [1.165, 1.54) is 19.2 Å². The fraction of sp³-hybridized carbons (Fsp3) is 0.267. The maximum atomic E-state index is 13.4. The molecule has 5 nitrogen and oxygen atoms in total. The first-order valence-electron chi connectivity index (χ1n) is 6.68. The Labute approximate surface area is 121 Å². The van der Waals surface area contributed by atoms with Crippen LogP contribution in [0.2, 0.25) is 0 Å². The molecular weight excluding hydrogens is 273 g/mol. The maximum absolute atomic E-state index is 13.4. The molecule has 1 atom stereocenters. The lowest BCUT2D eigenvalue weighted by Gasteiger charge is -2.37. The van der Waals surface area contributed by atoms with E-state index in [2.05, 4.69) is 10.3 Å². The number of hydrogen-bond donors (Lipinski definition) is 1. The summed E-state index contributed by atoms with van der Waals surface area (Å²) >= 11 is 0. The second-order valence-corrected chi connectivity index (χ2v) is 5.02. The highest BCUT2D eigenvalue weighted by Crippen LogP contribution is 2.33. The molecule has 0 radical (unpaired) electrons. The van der Waals surface area contributed by atoms with E-state index in [4.69, 9.17) is 0 Å². The van der Waals surface area contributed by atoms with Crippen LogP contribution < -0.4 is 5.32 Å². The van der Waals surface area contributed by atoms with E-state index in [1.807, 2.05) is 6.08 Å². The summed E-state index contributed by atoms with van der Waals surface area (Å²) in [4.78, 5) is 29.6. The molecule has 21 heavy (non-hydrogen) atoms. The van der Waals surface area contributed by atoms with Crippen LogP contribution in [0, 0.1) is 5.82 Å². The molecule has 0 fully saturated rings. The Bertz CT molecular complexity index is 681. The topological polar surface area (TPSA) is 62.3 Å². The molecule has 0 saturated carbocycles. The molecule has 1 aromatic heterocycles. The summed E-state index contributed by atoms with van der Waals surface area (Å²) < 4.78 is 13.4. The van der Waals surface area contributed by atoms with Crippen molar-refractivity contribution in [2.45, 2.75) is 19.4 Å². The molecule has 3 rings (SSSR count). The van der Waals surface area contributed by atoms with Crippen LogP contribution in [-0.4, -0.2) is 28.2 Å². The van der Waals surface area contributed by atoms with Gasteiger partial charge in [-0.2, -0.15) is 0 Å². The molecule has 2 aliphatic rings. The smallest absolute Gasteiger partial charge is 0.322 e. The monoisotopic (exact) mass is 287 g/mol. The Morgan fingerprint density at radius 2 is 2.29 bits per heavy atom. The highest BCUT2D eigenvalue weighted by molar-refractivity contribution is 5.99. The van der Waals surface area contributed by atoms with Crippen molar-refractivity contribution in [1.29, 1.82) is 0 Å². The number of allylic oxidation sites excluding steroid dienone is 1. The van der Waals surface area contributed by atoms with Gasteiger partial charge in [-0.1, -0.05) is 6.08 Å². The lowest BCUT2D eigenvalue weighted by atomic mass is 9.91. The first-order valence-corrected chi connectivity index (χ1v) is 6.68. The average Bonchev–Trinajstić information content (AvgIpc) is 2.46. The number of ketones is 1. The summed E-state index contributed by atoms with van der Waals surface area (Å²) in [5.41, 5.74) is 1.50. The lowest BCUT2D eigenvalue weighted by Crippen LogP contribution is -2.48. The highest BCUT2D eigenvalue weighted by atomic mass is 19.1. The molecular formula is C15H14FN3O2. The molecule has 108 valence electrons. The second-order valence-electron chi connectivity index (χ2n) is 5.02.